The molecule has 112 valence electrons. The number of para-hydroxylation sites is 1. The van der Waals surface area contributed by atoms with E-state index in [0.29, 0.717) is 6.61 Å². The number of benzene rings is 2. The highest BCUT2D eigenvalue weighted by molar-refractivity contribution is 5.37. The molecular weight excluding hydrogens is 262 g/mol. The quantitative estimate of drug-likeness (QED) is 0.856. The van der Waals surface area contributed by atoms with Gasteiger partial charge in [0.2, 0.25) is 0 Å². The lowest BCUT2D eigenvalue weighted by molar-refractivity contribution is 0.130. The van der Waals surface area contributed by atoms with Gasteiger partial charge in [0.15, 0.2) is 0 Å². The van der Waals surface area contributed by atoms with Gasteiger partial charge in [-0.05, 0) is 11.6 Å². The van der Waals surface area contributed by atoms with Crippen molar-refractivity contribution in [2.24, 2.45) is 11.1 Å². The summed E-state index contributed by atoms with van der Waals surface area (Å²) in [6.07, 6.45) is 0. The van der Waals surface area contributed by atoms with E-state index in [1.807, 2.05) is 68.4 Å². The summed E-state index contributed by atoms with van der Waals surface area (Å²) in [5.74, 6) is 0.773. The molecule has 0 radical (unpaired) electrons. The van der Waals surface area contributed by atoms with E-state index < -0.39 is 5.41 Å². The van der Waals surface area contributed by atoms with E-state index in [2.05, 4.69) is 0 Å². The van der Waals surface area contributed by atoms with Gasteiger partial charge >= 0.3 is 0 Å². The lowest BCUT2D eigenvalue weighted by atomic mass is 9.81. The van der Waals surface area contributed by atoms with Gasteiger partial charge in [-0.25, -0.2) is 0 Å². The number of hydrogen-bond acceptors (Lipinski definition) is 3. The Morgan fingerprint density at radius 1 is 1.05 bits per heavy atom. The highest BCUT2D eigenvalue weighted by atomic mass is 16.5. The van der Waals surface area contributed by atoms with E-state index in [-0.39, 0.29) is 12.6 Å². The van der Waals surface area contributed by atoms with Crippen molar-refractivity contribution >= 4 is 0 Å². The molecule has 2 rings (SSSR count). The predicted molar refractivity (Wildman–Crippen MR) is 85.0 cm³/mol. The van der Waals surface area contributed by atoms with E-state index in [1.165, 1.54) is 0 Å². The van der Waals surface area contributed by atoms with E-state index in [1.54, 1.807) is 0 Å². The molecule has 0 amide bonds. The predicted octanol–water partition coefficient (Wildman–Crippen LogP) is 3.28. The molecule has 0 aliphatic carbocycles. The highest BCUT2D eigenvalue weighted by Gasteiger charge is 2.29. The summed E-state index contributed by atoms with van der Waals surface area (Å²) in [7, 11) is 0. The second kappa shape index (κ2) is 6.74. The molecule has 3 N–H and O–H groups in total. The molecule has 0 unspecified atom stereocenters. The normalized spacial score (nSPS) is 13.0. The van der Waals surface area contributed by atoms with Crippen LogP contribution >= 0.6 is 0 Å². The first-order valence-corrected chi connectivity index (χ1v) is 7.16. The van der Waals surface area contributed by atoms with Gasteiger partial charge < -0.3 is 15.6 Å². The largest absolute Gasteiger partial charge is 0.489 e. The fraction of sp³-hybridized carbons (Fsp3) is 0.333. The maximum Gasteiger partial charge on any atom is 0.124 e. The van der Waals surface area contributed by atoms with Crippen molar-refractivity contribution in [2.75, 3.05) is 6.61 Å². The molecule has 0 bridgehead atoms. The smallest absolute Gasteiger partial charge is 0.124 e. The van der Waals surface area contributed by atoms with Gasteiger partial charge in [0, 0.05) is 23.6 Å². The van der Waals surface area contributed by atoms with Crippen LogP contribution in [0.25, 0.3) is 0 Å². The van der Waals surface area contributed by atoms with Crippen molar-refractivity contribution in [3.05, 3.63) is 65.7 Å². The second-order valence-electron chi connectivity index (χ2n) is 5.94. The number of nitrogens with two attached hydrogens (primary N) is 1. The summed E-state index contributed by atoms with van der Waals surface area (Å²) in [6, 6.07) is 17.5. The molecular formula is C18H23NO2. The Bertz CT molecular complexity index is 566. The summed E-state index contributed by atoms with van der Waals surface area (Å²) in [6.45, 7) is 4.43. The molecule has 0 saturated heterocycles. The average Bonchev–Trinajstić information content (AvgIpc) is 2.53. The van der Waals surface area contributed by atoms with Crippen LogP contribution in [-0.4, -0.2) is 11.7 Å². The molecule has 0 aliphatic heterocycles. The molecule has 3 nitrogen and oxygen atoms in total. The van der Waals surface area contributed by atoms with Gasteiger partial charge in [0.25, 0.3) is 0 Å². The van der Waals surface area contributed by atoms with E-state index >= 15 is 0 Å². The van der Waals surface area contributed by atoms with Crippen LogP contribution in [0.15, 0.2) is 54.6 Å². The van der Waals surface area contributed by atoms with E-state index in [9.17, 15) is 5.11 Å². The first-order chi connectivity index (χ1) is 10.0. The van der Waals surface area contributed by atoms with E-state index in [4.69, 9.17) is 10.5 Å². The zero-order valence-corrected chi connectivity index (χ0v) is 12.6. The van der Waals surface area contributed by atoms with Crippen LogP contribution in [0.1, 0.15) is 31.0 Å². The van der Waals surface area contributed by atoms with Crippen molar-refractivity contribution in [3.8, 4) is 5.75 Å². The Morgan fingerprint density at radius 2 is 1.67 bits per heavy atom. The van der Waals surface area contributed by atoms with Gasteiger partial charge in [0.1, 0.15) is 12.4 Å². The summed E-state index contributed by atoms with van der Waals surface area (Å²) in [5, 5.41) is 9.50. The minimum Gasteiger partial charge on any atom is -0.489 e. The standard InChI is InChI=1S/C18H23NO2/c1-18(2,13-20)17(19)15-10-6-7-11-16(15)21-12-14-8-4-3-5-9-14/h3-11,17,20H,12-13,19H2,1-2H3/t17-/m0/s1. The Labute approximate surface area is 126 Å². The molecule has 2 aromatic carbocycles. The molecule has 0 aliphatic rings. The van der Waals surface area contributed by atoms with Crippen LogP contribution in [0.4, 0.5) is 0 Å². The third kappa shape index (κ3) is 3.84. The maximum absolute atomic E-state index is 9.50. The molecule has 0 spiro atoms. The van der Waals surface area contributed by atoms with Crippen molar-refractivity contribution in [1.29, 1.82) is 0 Å². The summed E-state index contributed by atoms with van der Waals surface area (Å²) >= 11 is 0. The lowest BCUT2D eigenvalue weighted by Gasteiger charge is -2.30. The maximum atomic E-state index is 9.50. The van der Waals surface area contributed by atoms with Gasteiger partial charge in [-0.1, -0.05) is 62.4 Å². The first kappa shape index (κ1) is 15.5. The Hall–Kier alpha value is -1.84. The van der Waals surface area contributed by atoms with Gasteiger partial charge in [-0.3, -0.25) is 0 Å². The number of hydrogen-bond donors (Lipinski definition) is 2. The molecule has 2 aromatic rings. The molecule has 0 saturated carbocycles. The Kier molecular flexibility index (Phi) is 4.99. The van der Waals surface area contributed by atoms with Crippen LogP contribution in [0, 0.1) is 5.41 Å². The molecule has 0 heterocycles. The van der Waals surface area contributed by atoms with Crippen LogP contribution < -0.4 is 10.5 Å². The zero-order chi connectivity index (χ0) is 15.3. The Balaban J connectivity index is 2.17. The van der Waals surface area contributed by atoms with Crippen molar-refractivity contribution < 1.29 is 9.84 Å². The van der Waals surface area contributed by atoms with Gasteiger partial charge in [-0.2, -0.15) is 0 Å². The number of ether oxygens (including phenoxy) is 1. The van der Waals surface area contributed by atoms with Crippen LogP contribution in [-0.2, 0) is 6.61 Å². The number of rotatable bonds is 6. The third-order valence-corrected chi connectivity index (χ3v) is 3.74. The molecule has 3 heteroatoms. The molecule has 0 aromatic heterocycles. The van der Waals surface area contributed by atoms with Crippen molar-refractivity contribution in [3.63, 3.8) is 0 Å². The van der Waals surface area contributed by atoms with E-state index in [0.717, 1.165) is 16.9 Å². The zero-order valence-electron chi connectivity index (χ0n) is 12.6. The highest BCUT2D eigenvalue weighted by Crippen LogP contribution is 2.35. The van der Waals surface area contributed by atoms with Crippen LogP contribution in [0.5, 0.6) is 5.75 Å². The molecule has 0 fully saturated rings. The van der Waals surface area contributed by atoms with Gasteiger partial charge in [0.05, 0.1) is 0 Å². The lowest BCUT2D eigenvalue weighted by Crippen LogP contribution is -2.32. The second-order valence-corrected chi connectivity index (χ2v) is 5.94. The van der Waals surface area contributed by atoms with Crippen molar-refractivity contribution in [1.82, 2.24) is 0 Å². The molecule has 21 heavy (non-hydrogen) atoms. The minimum absolute atomic E-state index is 0.0290. The number of aliphatic hydroxyl groups excluding tert-OH is 1. The number of aliphatic hydroxyl groups is 1. The van der Waals surface area contributed by atoms with Gasteiger partial charge in [-0.15, -0.1) is 0 Å². The summed E-state index contributed by atoms with van der Waals surface area (Å²) in [5.41, 5.74) is 7.95. The average molecular weight is 285 g/mol. The molecule has 1 atom stereocenters. The Morgan fingerprint density at radius 3 is 2.33 bits per heavy atom. The topological polar surface area (TPSA) is 55.5 Å². The van der Waals surface area contributed by atoms with Crippen molar-refractivity contribution in [2.45, 2.75) is 26.5 Å². The van der Waals surface area contributed by atoms with Crippen LogP contribution in [0.2, 0.25) is 0 Å². The monoisotopic (exact) mass is 285 g/mol. The SMILES string of the molecule is CC(C)(CO)[C@@H](N)c1ccccc1OCc1ccccc1. The summed E-state index contributed by atoms with van der Waals surface area (Å²) in [4.78, 5) is 0. The van der Waals surface area contributed by atoms with Crippen LogP contribution in [0.3, 0.4) is 0 Å². The third-order valence-electron chi connectivity index (χ3n) is 3.74. The first-order valence-electron chi connectivity index (χ1n) is 7.16. The minimum atomic E-state index is -0.397. The fourth-order valence-electron chi connectivity index (χ4n) is 2.12. The summed E-state index contributed by atoms with van der Waals surface area (Å²) < 4.78 is 5.92. The fourth-order valence-corrected chi connectivity index (χ4v) is 2.12.